The van der Waals surface area contributed by atoms with Crippen molar-refractivity contribution >= 4 is 23.2 Å². The minimum Gasteiger partial charge on any atom is -0.479 e. The highest BCUT2D eigenvalue weighted by Crippen LogP contribution is 2.18. The molecule has 0 radical (unpaired) electrons. The number of amides is 1. The first-order valence-corrected chi connectivity index (χ1v) is 6.48. The SMILES string of the molecule is CC(C)(C)NCC(=O)NC(C(=O)O)c1cccs1. The summed E-state index contributed by atoms with van der Waals surface area (Å²) in [5, 5.41) is 16.4. The minimum atomic E-state index is -1.05. The number of carbonyl (C=O) groups is 2. The Balaban J connectivity index is 2.58. The van der Waals surface area contributed by atoms with Gasteiger partial charge >= 0.3 is 5.97 Å². The van der Waals surface area contributed by atoms with Gasteiger partial charge in [-0.15, -0.1) is 11.3 Å². The third kappa shape index (κ3) is 4.85. The van der Waals surface area contributed by atoms with Crippen molar-refractivity contribution in [3.63, 3.8) is 0 Å². The third-order valence-electron chi connectivity index (χ3n) is 2.16. The molecule has 0 bridgehead atoms. The lowest BCUT2D eigenvalue weighted by atomic mass is 10.1. The fourth-order valence-corrected chi connectivity index (χ4v) is 2.03. The lowest BCUT2D eigenvalue weighted by Crippen LogP contribution is -2.45. The average Bonchev–Trinajstić information content (AvgIpc) is 2.74. The van der Waals surface area contributed by atoms with Crippen molar-refractivity contribution in [2.24, 2.45) is 0 Å². The van der Waals surface area contributed by atoms with E-state index in [0.29, 0.717) is 4.88 Å². The van der Waals surface area contributed by atoms with Crippen molar-refractivity contribution in [1.29, 1.82) is 0 Å². The lowest BCUT2D eigenvalue weighted by Gasteiger charge is -2.21. The van der Waals surface area contributed by atoms with Gasteiger partial charge in [0.05, 0.1) is 6.54 Å². The van der Waals surface area contributed by atoms with Gasteiger partial charge in [-0.2, -0.15) is 0 Å². The summed E-state index contributed by atoms with van der Waals surface area (Å²) < 4.78 is 0. The van der Waals surface area contributed by atoms with E-state index in [9.17, 15) is 9.59 Å². The molecule has 6 heteroatoms. The van der Waals surface area contributed by atoms with Crippen molar-refractivity contribution in [2.45, 2.75) is 32.4 Å². The minimum absolute atomic E-state index is 0.0959. The topological polar surface area (TPSA) is 78.4 Å². The summed E-state index contributed by atoms with van der Waals surface area (Å²) in [5.74, 6) is -1.38. The molecule has 0 aromatic carbocycles. The van der Waals surface area contributed by atoms with Gasteiger partial charge in [0.15, 0.2) is 6.04 Å². The molecule has 18 heavy (non-hydrogen) atoms. The van der Waals surface area contributed by atoms with Gasteiger partial charge in [-0.05, 0) is 32.2 Å². The standard InChI is InChI=1S/C12H18N2O3S/c1-12(2,3)13-7-9(15)14-10(11(16)17)8-5-4-6-18-8/h4-6,10,13H,7H2,1-3H3,(H,14,15)(H,16,17). The van der Waals surface area contributed by atoms with E-state index < -0.39 is 12.0 Å². The summed E-state index contributed by atoms with van der Waals surface area (Å²) in [6.07, 6.45) is 0. The molecule has 100 valence electrons. The van der Waals surface area contributed by atoms with Crippen molar-refractivity contribution < 1.29 is 14.7 Å². The maximum atomic E-state index is 11.7. The Morgan fingerprint density at radius 3 is 2.56 bits per heavy atom. The molecule has 0 aliphatic rings. The molecule has 0 aliphatic heterocycles. The maximum Gasteiger partial charge on any atom is 0.331 e. The lowest BCUT2D eigenvalue weighted by molar-refractivity contribution is -0.141. The first kappa shape index (κ1) is 14.7. The molecule has 1 heterocycles. The van der Waals surface area contributed by atoms with Crippen LogP contribution in [-0.4, -0.2) is 29.1 Å². The molecule has 0 saturated carbocycles. The number of carboxylic acid groups (broad SMARTS) is 1. The van der Waals surface area contributed by atoms with Gasteiger partial charge in [0.2, 0.25) is 5.91 Å². The van der Waals surface area contributed by atoms with E-state index in [1.165, 1.54) is 11.3 Å². The van der Waals surface area contributed by atoms with Gasteiger partial charge in [0.25, 0.3) is 0 Å². The highest BCUT2D eigenvalue weighted by molar-refractivity contribution is 7.10. The van der Waals surface area contributed by atoms with Crippen LogP contribution in [0.5, 0.6) is 0 Å². The highest BCUT2D eigenvalue weighted by Gasteiger charge is 2.23. The number of hydrogen-bond acceptors (Lipinski definition) is 4. The molecule has 1 rings (SSSR count). The molecule has 1 amide bonds. The number of nitrogens with one attached hydrogen (secondary N) is 2. The summed E-state index contributed by atoms with van der Waals surface area (Å²) in [7, 11) is 0. The zero-order chi connectivity index (χ0) is 13.8. The van der Waals surface area contributed by atoms with E-state index in [2.05, 4.69) is 10.6 Å². The van der Waals surface area contributed by atoms with Crippen LogP contribution < -0.4 is 10.6 Å². The summed E-state index contributed by atoms with van der Waals surface area (Å²) >= 11 is 1.31. The zero-order valence-electron chi connectivity index (χ0n) is 10.7. The molecule has 0 saturated heterocycles. The second kappa shape index (κ2) is 5.97. The second-order valence-electron chi connectivity index (χ2n) is 4.96. The van der Waals surface area contributed by atoms with Gasteiger partial charge in [-0.1, -0.05) is 6.07 Å². The predicted octanol–water partition coefficient (Wildman–Crippen LogP) is 1.38. The molecule has 1 aromatic rings. The zero-order valence-corrected chi connectivity index (χ0v) is 11.5. The maximum absolute atomic E-state index is 11.7. The molecule has 0 spiro atoms. The summed E-state index contributed by atoms with van der Waals surface area (Å²) in [5.41, 5.74) is -0.182. The Kier molecular flexibility index (Phi) is 4.86. The predicted molar refractivity (Wildman–Crippen MR) is 70.6 cm³/mol. The van der Waals surface area contributed by atoms with Crippen molar-refractivity contribution in [3.8, 4) is 0 Å². The number of thiophene rings is 1. The van der Waals surface area contributed by atoms with E-state index >= 15 is 0 Å². The Morgan fingerprint density at radius 1 is 1.44 bits per heavy atom. The Morgan fingerprint density at radius 2 is 2.11 bits per heavy atom. The fraction of sp³-hybridized carbons (Fsp3) is 0.500. The largest absolute Gasteiger partial charge is 0.479 e. The van der Waals surface area contributed by atoms with Crippen molar-refractivity contribution in [1.82, 2.24) is 10.6 Å². The molecular weight excluding hydrogens is 252 g/mol. The highest BCUT2D eigenvalue weighted by atomic mass is 32.1. The molecule has 1 atom stereocenters. The van der Waals surface area contributed by atoms with Gasteiger partial charge in [-0.3, -0.25) is 4.79 Å². The molecule has 0 aliphatic carbocycles. The molecule has 1 unspecified atom stereocenters. The van der Waals surface area contributed by atoms with Gasteiger partial charge in [-0.25, -0.2) is 4.79 Å². The average molecular weight is 270 g/mol. The number of carbonyl (C=O) groups excluding carboxylic acids is 1. The van der Waals surface area contributed by atoms with E-state index in [1.54, 1.807) is 17.5 Å². The molecule has 5 nitrogen and oxygen atoms in total. The smallest absolute Gasteiger partial charge is 0.331 e. The number of rotatable bonds is 5. The normalized spacial score (nSPS) is 13.1. The van der Waals surface area contributed by atoms with Crippen LogP contribution in [0.2, 0.25) is 0 Å². The fourth-order valence-electron chi connectivity index (χ4n) is 1.27. The number of hydrogen-bond donors (Lipinski definition) is 3. The van der Waals surface area contributed by atoms with E-state index in [4.69, 9.17) is 5.11 Å². The van der Waals surface area contributed by atoms with E-state index in [1.807, 2.05) is 20.8 Å². The first-order chi connectivity index (χ1) is 8.29. The van der Waals surface area contributed by atoms with Crippen LogP contribution in [-0.2, 0) is 9.59 Å². The Hall–Kier alpha value is -1.40. The van der Waals surface area contributed by atoms with Crippen LogP contribution in [0.25, 0.3) is 0 Å². The number of aliphatic carboxylic acids is 1. The van der Waals surface area contributed by atoms with Gasteiger partial charge in [0, 0.05) is 10.4 Å². The first-order valence-electron chi connectivity index (χ1n) is 5.60. The summed E-state index contributed by atoms with van der Waals surface area (Å²) in [6.45, 7) is 5.91. The van der Waals surface area contributed by atoms with Crippen LogP contribution in [0.15, 0.2) is 17.5 Å². The van der Waals surface area contributed by atoms with Crippen molar-refractivity contribution in [2.75, 3.05) is 6.54 Å². The van der Waals surface area contributed by atoms with Gasteiger partial charge in [0.1, 0.15) is 0 Å². The molecular formula is C12H18N2O3S. The monoisotopic (exact) mass is 270 g/mol. The van der Waals surface area contributed by atoms with Crippen LogP contribution in [0, 0.1) is 0 Å². The Bertz CT molecular complexity index is 409. The summed E-state index contributed by atoms with van der Waals surface area (Å²) in [6, 6.07) is 2.48. The van der Waals surface area contributed by atoms with Crippen LogP contribution in [0.4, 0.5) is 0 Å². The van der Waals surface area contributed by atoms with Crippen LogP contribution in [0.1, 0.15) is 31.7 Å². The molecule has 1 aromatic heterocycles. The Labute approximate surface area is 110 Å². The van der Waals surface area contributed by atoms with E-state index in [0.717, 1.165) is 0 Å². The number of carboxylic acids is 1. The van der Waals surface area contributed by atoms with Crippen LogP contribution in [0.3, 0.4) is 0 Å². The third-order valence-corrected chi connectivity index (χ3v) is 3.10. The molecule has 0 fully saturated rings. The quantitative estimate of drug-likeness (QED) is 0.755. The second-order valence-corrected chi connectivity index (χ2v) is 5.94. The summed E-state index contributed by atoms with van der Waals surface area (Å²) in [4.78, 5) is 23.4. The van der Waals surface area contributed by atoms with Crippen LogP contribution >= 0.6 is 11.3 Å². The van der Waals surface area contributed by atoms with E-state index in [-0.39, 0.29) is 18.0 Å². The molecule has 3 N–H and O–H groups in total. The van der Waals surface area contributed by atoms with Gasteiger partial charge < -0.3 is 15.7 Å². The van der Waals surface area contributed by atoms with Crippen molar-refractivity contribution in [3.05, 3.63) is 22.4 Å².